The van der Waals surface area contributed by atoms with E-state index in [2.05, 4.69) is 0 Å². The second kappa shape index (κ2) is 5.09. The van der Waals surface area contributed by atoms with E-state index in [0.717, 1.165) is 9.75 Å². The number of allylic oxidation sites excluding steroid dienone is 1. The van der Waals surface area contributed by atoms with Gasteiger partial charge in [0.05, 0.1) is 4.88 Å². The van der Waals surface area contributed by atoms with Crippen molar-refractivity contribution < 1.29 is 9.90 Å². The summed E-state index contributed by atoms with van der Waals surface area (Å²) in [7, 11) is 0. The molecule has 0 spiro atoms. The lowest BCUT2D eigenvalue weighted by molar-refractivity contribution is -0.113. The van der Waals surface area contributed by atoms with Crippen LogP contribution in [0.25, 0.3) is 5.76 Å². The third-order valence-electron chi connectivity index (χ3n) is 2.00. The fourth-order valence-corrected chi connectivity index (χ4v) is 2.64. The average molecular weight is 250 g/mol. The Bertz CT molecular complexity index is 481. The highest BCUT2D eigenvalue weighted by molar-refractivity contribution is 7.11. The van der Waals surface area contributed by atoms with Gasteiger partial charge < -0.3 is 5.11 Å². The van der Waals surface area contributed by atoms with Crippen LogP contribution >= 0.6 is 22.7 Å². The second-order valence-electron chi connectivity index (χ2n) is 3.23. The van der Waals surface area contributed by atoms with Crippen LogP contribution in [-0.4, -0.2) is 10.9 Å². The quantitative estimate of drug-likeness (QED) is 0.666. The van der Waals surface area contributed by atoms with Gasteiger partial charge in [-0.2, -0.15) is 0 Å². The molecule has 0 aliphatic carbocycles. The summed E-state index contributed by atoms with van der Waals surface area (Å²) in [5.74, 6) is -0.0232. The standard InChI is InChI=1S/C12H10O2S2/c13-9(7-10-3-1-5-15-10)8-11(14)12-4-2-6-16-12/h1-6,8,14H,7H2/b11-8+. The Morgan fingerprint density at radius 1 is 1.25 bits per heavy atom. The van der Waals surface area contributed by atoms with E-state index in [9.17, 15) is 9.90 Å². The van der Waals surface area contributed by atoms with Gasteiger partial charge in [-0.1, -0.05) is 12.1 Å². The Kier molecular flexibility index (Phi) is 3.54. The van der Waals surface area contributed by atoms with E-state index >= 15 is 0 Å². The molecule has 0 aromatic carbocycles. The molecular formula is C12H10O2S2. The highest BCUT2D eigenvalue weighted by Gasteiger charge is 2.05. The van der Waals surface area contributed by atoms with E-state index in [1.165, 1.54) is 17.4 Å². The zero-order valence-electron chi connectivity index (χ0n) is 8.42. The van der Waals surface area contributed by atoms with Gasteiger partial charge >= 0.3 is 0 Å². The number of thiophene rings is 2. The Balaban J connectivity index is 2.04. The lowest BCUT2D eigenvalue weighted by Crippen LogP contribution is -1.97. The molecule has 16 heavy (non-hydrogen) atoms. The molecule has 0 unspecified atom stereocenters. The molecule has 2 rings (SSSR count). The molecule has 2 aromatic heterocycles. The highest BCUT2D eigenvalue weighted by atomic mass is 32.1. The summed E-state index contributed by atoms with van der Waals surface area (Å²) in [4.78, 5) is 13.3. The molecule has 0 bridgehead atoms. The number of carbonyl (C=O) groups is 1. The lowest BCUT2D eigenvalue weighted by Gasteiger charge is -1.95. The molecule has 4 heteroatoms. The summed E-state index contributed by atoms with van der Waals surface area (Å²) in [5.41, 5.74) is 0. The first-order valence-corrected chi connectivity index (χ1v) is 6.51. The van der Waals surface area contributed by atoms with E-state index in [1.807, 2.05) is 29.0 Å². The molecule has 0 radical (unpaired) electrons. The summed E-state index contributed by atoms with van der Waals surface area (Å²) >= 11 is 2.96. The van der Waals surface area contributed by atoms with Crippen molar-refractivity contribution in [2.24, 2.45) is 0 Å². The van der Waals surface area contributed by atoms with Crippen LogP contribution in [0.1, 0.15) is 9.75 Å². The van der Waals surface area contributed by atoms with Crippen LogP contribution in [-0.2, 0) is 11.2 Å². The number of ketones is 1. The molecule has 0 aliphatic heterocycles. The van der Waals surface area contributed by atoms with Crippen LogP contribution in [0.4, 0.5) is 0 Å². The number of rotatable bonds is 4. The summed E-state index contributed by atoms with van der Waals surface area (Å²) in [5, 5.41) is 13.5. The Hall–Kier alpha value is -1.39. The highest BCUT2D eigenvalue weighted by Crippen LogP contribution is 2.18. The van der Waals surface area contributed by atoms with Crippen LogP contribution in [0.2, 0.25) is 0 Å². The van der Waals surface area contributed by atoms with Crippen molar-refractivity contribution in [3.05, 3.63) is 50.9 Å². The van der Waals surface area contributed by atoms with Crippen molar-refractivity contribution in [2.75, 3.05) is 0 Å². The van der Waals surface area contributed by atoms with Crippen molar-refractivity contribution >= 4 is 34.2 Å². The van der Waals surface area contributed by atoms with Crippen LogP contribution < -0.4 is 0 Å². The average Bonchev–Trinajstić information content (AvgIpc) is 2.88. The fraction of sp³-hybridized carbons (Fsp3) is 0.0833. The predicted molar refractivity (Wildman–Crippen MR) is 68.0 cm³/mol. The number of carbonyl (C=O) groups excluding carboxylic acids is 1. The molecule has 0 aliphatic rings. The first kappa shape index (κ1) is 11.1. The molecule has 2 heterocycles. The minimum Gasteiger partial charge on any atom is -0.506 e. The zero-order valence-corrected chi connectivity index (χ0v) is 10.1. The van der Waals surface area contributed by atoms with Crippen LogP contribution in [0.5, 0.6) is 0 Å². The van der Waals surface area contributed by atoms with Crippen molar-refractivity contribution in [1.29, 1.82) is 0 Å². The predicted octanol–water partition coefficient (Wildman–Crippen LogP) is 3.52. The van der Waals surface area contributed by atoms with E-state index in [4.69, 9.17) is 0 Å². The summed E-state index contributed by atoms with van der Waals surface area (Å²) in [6, 6.07) is 7.46. The molecule has 0 fully saturated rings. The summed E-state index contributed by atoms with van der Waals surface area (Å²) < 4.78 is 0. The molecular weight excluding hydrogens is 240 g/mol. The number of hydrogen-bond donors (Lipinski definition) is 1. The first-order valence-electron chi connectivity index (χ1n) is 4.75. The molecule has 0 saturated carbocycles. The van der Waals surface area contributed by atoms with E-state index in [1.54, 1.807) is 17.4 Å². The number of hydrogen-bond acceptors (Lipinski definition) is 4. The SMILES string of the molecule is O=C(/C=C(/O)c1cccs1)Cc1cccs1. The molecule has 1 N–H and O–H groups in total. The van der Waals surface area contributed by atoms with Crippen LogP contribution in [0.15, 0.2) is 41.1 Å². The molecule has 0 atom stereocenters. The van der Waals surface area contributed by atoms with Crippen LogP contribution in [0, 0.1) is 0 Å². The van der Waals surface area contributed by atoms with Crippen molar-refractivity contribution in [1.82, 2.24) is 0 Å². The van der Waals surface area contributed by atoms with Gasteiger partial charge in [0.15, 0.2) is 5.78 Å². The number of aliphatic hydroxyl groups excluding tert-OH is 1. The monoisotopic (exact) mass is 250 g/mol. The maximum absolute atomic E-state index is 11.6. The Labute approximate surface area is 101 Å². The van der Waals surface area contributed by atoms with Gasteiger partial charge in [-0.25, -0.2) is 0 Å². The maximum atomic E-state index is 11.6. The lowest BCUT2D eigenvalue weighted by atomic mass is 10.2. The molecule has 0 saturated heterocycles. The molecule has 2 aromatic rings. The van der Waals surface area contributed by atoms with Gasteiger partial charge in [0.1, 0.15) is 5.76 Å². The zero-order chi connectivity index (χ0) is 11.4. The molecule has 2 nitrogen and oxygen atoms in total. The fourth-order valence-electron chi connectivity index (χ4n) is 1.28. The van der Waals surface area contributed by atoms with Crippen LogP contribution in [0.3, 0.4) is 0 Å². The van der Waals surface area contributed by atoms with Crippen molar-refractivity contribution in [3.8, 4) is 0 Å². The van der Waals surface area contributed by atoms with Crippen molar-refractivity contribution in [2.45, 2.75) is 6.42 Å². The van der Waals surface area contributed by atoms with Gasteiger partial charge in [0, 0.05) is 17.4 Å². The normalized spacial score (nSPS) is 11.6. The Morgan fingerprint density at radius 3 is 2.62 bits per heavy atom. The summed E-state index contributed by atoms with van der Waals surface area (Å²) in [6.07, 6.45) is 1.65. The van der Waals surface area contributed by atoms with E-state index < -0.39 is 0 Å². The Morgan fingerprint density at radius 2 is 2.00 bits per heavy atom. The third-order valence-corrected chi connectivity index (χ3v) is 3.77. The minimum atomic E-state index is -0.0756. The van der Waals surface area contributed by atoms with Gasteiger partial charge in [0.25, 0.3) is 0 Å². The topological polar surface area (TPSA) is 37.3 Å². The first-order chi connectivity index (χ1) is 7.75. The molecule has 0 amide bonds. The van der Waals surface area contributed by atoms with Gasteiger partial charge in [-0.05, 0) is 22.9 Å². The van der Waals surface area contributed by atoms with Gasteiger partial charge in [-0.3, -0.25) is 4.79 Å². The van der Waals surface area contributed by atoms with E-state index in [-0.39, 0.29) is 11.5 Å². The third kappa shape index (κ3) is 2.81. The van der Waals surface area contributed by atoms with E-state index in [0.29, 0.717) is 6.42 Å². The number of aliphatic hydroxyl groups is 1. The van der Waals surface area contributed by atoms with Gasteiger partial charge in [0.2, 0.25) is 0 Å². The largest absolute Gasteiger partial charge is 0.506 e. The maximum Gasteiger partial charge on any atom is 0.164 e. The summed E-state index contributed by atoms with van der Waals surface area (Å²) in [6.45, 7) is 0. The van der Waals surface area contributed by atoms with Crippen molar-refractivity contribution in [3.63, 3.8) is 0 Å². The smallest absolute Gasteiger partial charge is 0.164 e. The second-order valence-corrected chi connectivity index (χ2v) is 5.21. The van der Waals surface area contributed by atoms with Gasteiger partial charge in [-0.15, -0.1) is 22.7 Å². The molecule has 82 valence electrons. The minimum absolute atomic E-state index is 0.0524.